The fraction of sp³-hybridized carbons (Fsp3) is 0.273. The average molecular weight is 350 g/mol. The van der Waals surface area contributed by atoms with E-state index in [1.54, 1.807) is 6.07 Å². The Labute approximate surface area is 130 Å². The summed E-state index contributed by atoms with van der Waals surface area (Å²) in [5.74, 6) is -1.40. The van der Waals surface area contributed by atoms with Gasteiger partial charge in [-0.05, 0) is 25.5 Å². The first-order chi connectivity index (χ1) is 9.81. The molecule has 0 aliphatic carbocycles. The molecule has 0 radical (unpaired) electrons. The number of H-pyrrole nitrogens is 1. The molecule has 7 nitrogen and oxygen atoms in total. The molecule has 0 aliphatic heterocycles. The topological polar surface area (TPSA) is 112 Å². The summed E-state index contributed by atoms with van der Waals surface area (Å²) in [4.78, 5) is 11.6. The second kappa shape index (κ2) is 6.14. The van der Waals surface area contributed by atoms with Crippen LogP contribution >= 0.6 is 22.9 Å². The van der Waals surface area contributed by atoms with Crippen LogP contribution in [0.25, 0.3) is 0 Å². The molecule has 10 heteroatoms. The van der Waals surface area contributed by atoms with Crippen molar-refractivity contribution in [2.75, 3.05) is 6.54 Å². The van der Waals surface area contributed by atoms with E-state index in [0.29, 0.717) is 10.8 Å². The van der Waals surface area contributed by atoms with Crippen molar-refractivity contribution >= 4 is 38.9 Å². The fourth-order valence-electron chi connectivity index (χ4n) is 1.76. The summed E-state index contributed by atoms with van der Waals surface area (Å²) in [6, 6.07) is 3.55. The molecular weight excluding hydrogens is 338 g/mol. The normalized spacial score (nSPS) is 11.7. The number of aromatic carboxylic acids is 1. The lowest BCUT2D eigenvalue weighted by Crippen LogP contribution is -2.27. The molecule has 0 aliphatic rings. The van der Waals surface area contributed by atoms with Crippen molar-refractivity contribution < 1.29 is 18.3 Å². The van der Waals surface area contributed by atoms with E-state index in [1.165, 1.54) is 18.3 Å². The summed E-state index contributed by atoms with van der Waals surface area (Å²) in [5, 5.41) is 14.8. The molecule has 0 atom stereocenters. The number of aromatic nitrogens is 2. The van der Waals surface area contributed by atoms with Crippen LogP contribution in [-0.2, 0) is 16.4 Å². The molecule has 0 aromatic carbocycles. The van der Waals surface area contributed by atoms with Crippen LogP contribution in [0.5, 0.6) is 0 Å². The average Bonchev–Trinajstić information content (AvgIpc) is 2.95. The predicted octanol–water partition coefficient (Wildman–Crippen LogP) is 1.65. The molecule has 2 aromatic heterocycles. The number of carboxylic acids is 1. The molecule has 0 spiro atoms. The van der Waals surface area contributed by atoms with Crippen LogP contribution in [0.4, 0.5) is 0 Å². The summed E-state index contributed by atoms with van der Waals surface area (Å²) in [6.45, 7) is 1.59. The Morgan fingerprint density at radius 3 is 2.81 bits per heavy atom. The third-order valence-corrected chi connectivity index (χ3v) is 5.57. The number of nitrogens with zero attached hydrogens (tertiary/aromatic N) is 1. The Balaban J connectivity index is 2.12. The Bertz CT molecular complexity index is 766. The Kier molecular flexibility index (Phi) is 4.67. The quantitative estimate of drug-likeness (QED) is 0.734. The molecule has 0 unspecified atom stereocenters. The number of carbonyl (C=O) groups is 1. The summed E-state index contributed by atoms with van der Waals surface area (Å²) < 4.78 is 27.4. The van der Waals surface area contributed by atoms with Gasteiger partial charge in [0.1, 0.15) is 4.90 Å². The maximum Gasteiger partial charge on any atom is 0.357 e. The Morgan fingerprint density at radius 2 is 2.24 bits per heavy atom. The van der Waals surface area contributed by atoms with Gasteiger partial charge in [-0.2, -0.15) is 5.10 Å². The third-order valence-electron chi connectivity index (χ3n) is 2.65. The van der Waals surface area contributed by atoms with Gasteiger partial charge in [0, 0.05) is 11.4 Å². The van der Waals surface area contributed by atoms with Crippen LogP contribution in [-0.4, -0.2) is 36.2 Å². The standard InChI is InChI=1S/C11H12ClN3O4S2/c1-6-10(9(11(16)17)15-14-6)21(18,19)13-5-4-7-2-3-8(12)20-7/h2-3,13H,4-5H2,1H3,(H,14,15)(H,16,17). The zero-order chi connectivity index (χ0) is 15.6. The minimum atomic E-state index is -3.94. The first-order valence-corrected chi connectivity index (χ1v) is 8.51. The van der Waals surface area contributed by atoms with E-state index in [0.717, 1.165) is 4.88 Å². The number of thiophene rings is 1. The highest BCUT2D eigenvalue weighted by Crippen LogP contribution is 2.22. The van der Waals surface area contributed by atoms with Crippen molar-refractivity contribution in [3.05, 3.63) is 32.7 Å². The van der Waals surface area contributed by atoms with E-state index in [1.807, 2.05) is 6.07 Å². The molecule has 0 amide bonds. The van der Waals surface area contributed by atoms with Crippen molar-refractivity contribution in [1.29, 1.82) is 0 Å². The van der Waals surface area contributed by atoms with Crippen LogP contribution in [0.15, 0.2) is 17.0 Å². The SMILES string of the molecule is Cc1[nH]nc(C(=O)O)c1S(=O)(=O)NCCc1ccc(Cl)s1. The van der Waals surface area contributed by atoms with Gasteiger partial charge >= 0.3 is 5.97 Å². The van der Waals surface area contributed by atoms with E-state index in [-0.39, 0.29) is 17.1 Å². The molecule has 0 bridgehead atoms. The smallest absolute Gasteiger partial charge is 0.357 e. The van der Waals surface area contributed by atoms with Crippen molar-refractivity contribution in [2.45, 2.75) is 18.2 Å². The number of sulfonamides is 1. The highest BCUT2D eigenvalue weighted by atomic mass is 35.5. The van der Waals surface area contributed by atoms with E-state index in [4.69, 9.17) is 16.7 Å². The summed E-state index contributed by atoms with van der Waals surface area (Å²) in [6.07, 6.45) is 0.468. The number of hydrogen-bond acceptors (Lipinski definition) is 5. The Morgan fingerprint density at radius 1 is 1.52 bits per heavy atom. The van der Waals surface area contributed by atoms with Crippen LogP contribution < -0.4 is 4.72 Å². The second-order valence-electron chi connectivity index (χ2n) is 4.19. The molecule has 2 rings (SSSR count). The molecule has 3 N–H and O–H groups in total. The zero-order valence-electron chi connectivity index (χ0n) is 10.9. The number of carboxylic acid groups (broad SMARTS) is 1. The van der Waals surface area contributed by atoms with Crippen molar-refractivity contribution in [2.24, 2.45) is 0 Å². The number of halogens is 1. The number of hydrogen-bond donors (Lipinski definition) is 3. The van der Waals surface area contributed by atoms with Gasteiger partial charge in [-0.1, -0.05) is 11.6 Å². The van der Waals surface area contributed by atoms with Crippen LogP contribution in [0, 0.1) is 6.92 Å². The fourth-order valence-corrected chi connectivity index (χ4v) is 4.20. The van der Waals surface area contributed by atoms with Gasteiger partial charge in [0.05, 0.1) is 10.0 Å². The lowest BCUT2D eigenvalue weighted by atomic mass is 10.3. The van der Waals surface area contributed by atoms with E-state index < -0.39 is 21.7 Å². The monoisotopic (exact) mass is 349 g/mol. The number of aryl methyl sites for hydroxylation is 1. The molecule has 0 saturated heterocycles. The molecule has 0 saturated carbocycles. The van der Waals surface area contributed by atoms with Crippen molar-refractivity contribution in [3.63, 3.8) is 0 Å². The third kappa shape index (κ3) is 3.62. The van der Waals surface area contributed by atoms with E-state index >= 15 is 0 Å². The molecule has 2 heterocycles. The van der Waals surface area contributed by atoms with Crippen LogP contribution in [0.2, 0.25) is 4.34 Å². The molecule has 0 fully saturated rings. The summed E-state index contributed by atoms with van der Waals surface area (Å²) in [5.41, 5.74) is -0.335. The first-order valence-electron chi connectivity index (χ1n) is 5.83. The Hall–Kier alpha value is -1.42. The minimum Gasteiger partial charge on any atom is -0.476 e. The first kappa shape index (κ1) is 16.0. The summed E-state index contributed by atoms with van der Waals surface area (Å²) in [7, 11) is -3.94. The molecular formula is C11H12ClN3O4S2. The minimum absolute atomic E-state index is 0.142. The predicted molar refractivity (Wildman–Crippen MR) is 78.5 cm³/mol. The van der Waals surface area contributed by atoms with Gasteiger partial charge < -0.3 is 5.11 Å². The summed E-state index contributed by atoms with van der Waals surface area (Å²) >= 11 is 7.15. The van der Waals surface area contributed by atoms with Gasteiger partial charge in [0.25, 0.3) is 0 Å². The second-order valence-corrected chi connectivity index (χ2v) is 7.69. The van der Waals surface area contributed by atoms with Gasteiger partial charge in [-0.15, -0.1) is 11.3 Å². The highest BCUT2D eigenvalue weighted by molar-refractivity contribution is 7.89. The van der Waals surface area contributed by atoms with E-state index in [2.05, 4.69) is 14.9 Å². The van der Waals surface area contributed by atoms with Crippen LogP contribution in [0.1, 0.15) is 21.1 Å². The van der Waals surface area contributed by atoms with Gasteiger partial charge in [-0.3, -0.25) is 5.10 Å². The van der Waals surface area contributed by atoms with Gasteiger partial charge in [0.15, 0.2) is 5.69 Å². The number of nitrogens with one attached hydrogen (secondary N) is 2. The maximum absolute atomic E-state index is 12.2. The van der Waals surface area contributed by atoms with E-state index in [9.17, 15) is 13.2 Å². The lowest BCUT2D eigenvalue weighted by Gasteiger charge is -2.06. The largest absolute Gasteiger partial charge is 0.476 e. The van der Waals surface area contributed by atoms with Gasteiger partial charge in [-0.25, -0.2) is 17.9 Å². The van der Waals surface area contributed by atoms with Crippen molar-refractivity contribution in [1.82, 2.24) is 14.9 Å². The molecule has 21 heavy (non-hydrogen) atoms. The maximum atomic E-state index is 12.2. The molecule has 2 aromatic rings. The number of aromatic amines is 1. The van der Waals surface area contributed by atoms with Crippen molar-refractivity contribution in [3.8, 4) is 0 Å². The number of rotatable bonds is 6. The highest BCUT2D eigenvalue weighted by Gasteiger charge is 2.27. The van der Waals surface area contributed by atoms with Crippen LogP contribution in [0.3, 0.4) is 0 Å². The van der Waals surface area contributed by atoms with Gasteiger partial charge in [0.2, 0.25) is 10.0 Å². The molecule has 114 valence electrons. The zero-order valence-corrected chi connectivity index (χ0v) is 13.3. The lowest BCUT2D eigenvalue weighted by molar-refractivity contribution is 0.0686.